The summed E-state index contributed by atoms with van der Waals surface area (Å²) < 4.78 is 18.3. The first kappa shape index (κ1) is 10.4. The number of nitrogens with two attached hydrogens (primary N) is 1. The van der Waals surface area contributed by atoms with E-state index in [2.05, 4.69) is 11.8 Å². The molecule has 0 heterocycles. The van der Waals surface area contributed by atoms with E-state index in [4.69, 9.17) is 10.5 Å². The maximum Gasteiger partial charge on any atom is 0.167 e. The second-order valence-corrected chi connectivity index (χ2v) is 2.72. The first-order valence-electron chi connectivity index (χ1n) is 4.31. The molecule has 0 aliphatic rings. The van der Waals surface area contributed by atoms with Crippen LogP contribution >= 0.6 is 0 Å². The second-order valence-electron chi connectivity index (χ2n) is 2.72. The molecule has 0 saturated heterocycles. The molecule has 1 aromatic carbocycles. The Morgan fingerprint density at radius 3 is 2.93 bits per heavy atom. The number of benzene rings is 1. The van der Waals surface area contributed by atoms with Crippen molar-refractivity contribution >= 4 is 5.69 Å². The van der Waals surface area contributed by atoms with Crippen molar-refractivity contribution in [1.29, 1.82) is 0 Å². The van der Waals surface area contributed by atoms with E-state index in [1.54, 1.807) is 13.0 Å². The fourth-order valence-corrected chi connectivity index (χ4v) is 0.971. The van der Waals surface area contributed by atoms with Crippen LogP contribution in [0.5, 0.6) is 5.75 Å². The molecule has 2 nitrogen and oxygen atoms in total. The van der Waals surface area contributed by atoms with Gasteiger partial charge in [-0.15, -0.1) is 11.8 Å². The SMILES string of the molecule is CC#CCCOc1ccc(N)cc1F. The molecule has 0 aliphatic carbocycles. The van der Waals surface area contributed by atoms with E-state index in [1.165, 1.54) is 12.1 Å². The summed E-state index contributed by atoms with van der Waals surface area (Å²) in [6, 6.07) is 4.36. The molecule has 74 valence electrons. The largest absolute Gasteiger partial charge is 0.490 e. The molecule has 1 aromatic rings. The summed E-state index contributed by atoms with van der Waals surface area (Å²) in [6.07, 6.45) is 0.598. The van der Waals surface area contributed by atoms with Crippen molar-refractivity contribution in [3.8, 4) is 17.6 Å². The monoisotopic (exact) mass is 193 g/mol. The van der Waals surface area contributed by atoms with Crippen LogP contribution < -0.4 is 10.5 Å². The van der Waals surface area contributed by atoms with Gasteiger partial charge in [0.15, 0.2) is 11.6 Å². The molecule has 0 spiro atoms. The summed E-state index contributed by atoms with van der Waals surface area (Å²) in [5.41, 5.74) is 5.78. The van der Waals surface area contributed by atoms with Crippen molar-refractivity contribution in [1.82, 2.24) is 0 Å². The van der Waals surface area contributed by atoms with Crippen LogP contribution in [0.1, 0.15) is 13.3 Å². The third-order valence-electron chi connectivity index (χ3n) is 1.62. The minimum atomic E-state index is -0.436. The summed E-state index contributed by atoms with van der Waals surface area (Å²) in [4.78, 5) is 0. The van der Waals surface area contributed by atoms with Crippen molar-refractivity contribution in [2.45, 2.75) is 13.3 Å². The molecular weight excluding hydrogens is 181 g/mol. The van der Waals surface area contributed by atoms with E-state index in [-0.39, 0.29) is 5.75 Å². The molecule has 2 N–H and O–H groups in total. The lowest BCUT2D eigenvalue weighted by Gasteiger charge is -2.05. The smallest absolute Gasteiger partial charge is 0.167 e. The Labute approximate surface area is 82.9 Å². The van der Waals surface area contributed by atoms with Crippen LogP contribution in [-0.4, -0.2) is 6.61 Å². The van der Waals surface area contributed by atoms with Crippen LogP contribution in [0.4, 0.5) is 10.1 Å². The van der Waals surface area contributed by atoms with E-state index < -0.39 is 5.82 Å². The predicted octanol–water partition coefficient (Wildman–Crippen LogP) is 2.20. The highest BCUT2D eigenvalue weighted by molar-refractivity contribution is 5.42. The molecule has 14 heavy (non-hydrogen) atoms. The number of rotatable bonds is 3. The Kier molecular flexibility index (Phi) is 3.81. The lowest BCUT2D eigenvalue weighted by atomic mass is 10.3. The lowest BCUT2D eigenvalue weighted by molar-refractivity contribution is 0.310. The fourth-order valence-electron chi connectivity index (χ4n) is 0.971. The zero-order valence-corrected chi connectivity index (χ0v) is 8.01. The molecule has 0 fully saturated rings. The Bertz CT molecular complexity index is 365. The van der Waals surface area contributed by atoms with E-state index in [0.29, 0.717) is 18.7 Å². The van der Waals surface area contributed by atoms with Gasteiger partial charge < -0.3 is 10.5 Å². The summed E-state index contributed by atoms with van der Waals surface area (Å²) in [6.45, 7) is 2.14. The van der Waals surface area contributed by atoms with Crippen molar-refractivity contribution in [2.75, 3.05) is 12.3 Å². The molecule has 1 rings (SSSR count). The molecule has 0 radical (unpaired) electrons. The van der Waals surface area contributed by atoms with Crippen LogP contribution in [0.2, 0.25) is 0 Å². The van der Waals surface area contributed by atoms with Gasteiger partial charge in [-0.05, 0) is 19.1 Å². The quantitative estimate of drug-likeness (QED) is 0.453. The minimum absolute atomic E-state index is 0.220. The molecule has 0 aromatic heterocycles. The van der Waals surface area contributed by atoms with Gasteiger partial charge in [-0.3, -0.25) is 0 Å². The fraction of sp³-hybridized carbons (Fsp3) is 0.273. The standard InChI is InChI=1S/C11H12FNO/c1-2-3-4-7-14-11-6-5-9(13)8-10(11)12/h5-6,8H,4,7,13H2,1H3. The van der Waals surface area contributed by atoms with Crippen LogP contribution in [0, 0.1) is 17.7 Å². The zero-order chi connectivity index (χ0) is 10.4. The molecule has 3 heteroatoms. The third kappa shape index (κ3) is 2.98. The summed E-state index contributed by atoms with van der Waals surface area (Å²) in [7, 11) is 0. The molecular formula is C11H12FNO. The summed E-state index contributed by atoms with van der Waals surface area (Å²) in [5, 5.41) is 0. The van der Waals surface area contributed by atoms with E-state index in [1.807, 2.05) is 0 Å². The first-order valence-corrected chi connectivity index (χ1v) is 4.31. The average molecular weight is 193 g/mol. The van der Waals surface area contributed by atoms with Gasteiger partial charge in [0.25, 0.3) is 0 Å². The van der Waals surface area contributed by atoms with Gasteiger partial charge in [-0.2, -0.15) is 0 Å². The van der Waals surface area contributed by atoms with Gasteiger partial charge in [-0.25, -0.2) is 4.39 Å². The Morgan fingerprint density at radius 1 is 1.50 bits per heavy atom. The molecule has 0 bridgehead atoms. The van der Waals surface area contributed by atoms with Crippen LogP contribution in [0.15, 0.2) is 18.2 Å². The van der Waals surface area contributed by atoms with Gasteiger partial charge >= 0.3 is 0 Å². The molecule has 0 amide bonds. The zero-order valence-electron chi connectivity index (χ0n) is 8.01. The third-order valence-corrected chi connectivity index (χ3v) is 1.62. The molecule has 0 saturated carbocycles. The Balaban J connectivity index is 2.53. The number of halogens is 1. The maximum atomic E-state index is 13.1. The highest BCUT2D eigenvalue weighted by Gasteiger charge is 2.02. The number of anilines is 1. The minimum Gasteiger partial charge on any atom is -0.490 e. The highest BCUT2D eigenvalue weighted by atomic mass is 19.1. The number of hydrogen-bond acceptors (Lipinski definition) is 2. The topological polar surface area (TPSA) is 35.2 Å². The van der Waals surface area contributed by atoms with Crippen LogP contribution in [0.3, 0.4) is 0 Å². The first-order chi connectivity index (χ1) is 6.74. The van der Waals surface area contributed by atoms with Crippen LogP contribution in [-0.2, 0) is 0 Å². The van der Waals surface area contributed by atoms with Crippen molar-refractivity contribution < 1.29 is 9.13 Å². The summed E-state index contributed by atoms with van der Waals surface area (Å²) >= 11 is 0. The second kappa shape index (κ2) is 5.13. The summed E-state index contributed by atoms with van der Waals surface area (Å²) in [5.74, 6) is 5.35. The molecule has 0 unspecified atom stereocenters. The molecule has 0 aliphatic heterocycles. The number of nitrogen functional groups attached to an aromatic ring is 1. The van der Waals surface area contributed by atoms with E-state index in [0.717, 1.165) is 0 Å². The lowest BCUT2D eigenvalue weighted by Crippen LogP contribution is -1.98. The van der Waals surface area contributed by atoms with E-state index >= 15 is 0 Å². The number of ether oxygens (including phenoxy) is 1. The normalized spacial score (nSPS) is 9.00. The predicted molar refractivity (Wildman–Crippen MR) is 54.4 cm³/mol. The Morgan fingerprint density at radius 2 is 2.29 bits per heavy atom. The van der Waals surface area contributed by atoms with Crippen molar-refractivity contribution in [2.24, 2.45) is 0 Å². The van der Waals surface area contributed by atoms with Crippen LogP contribution in [0.25, 0.3) is 0 Å². The highest BCUT2D eigenvalue weighted by Crippen LogP contribution is 2.19. The Hall–Kier alpha value is -1.69. The van der Waals surface area contributed by atoms with Gasteiger partial charge in [-0.1, -0.05) is 0 Å². The van der Waals surface area contributed by atoms with Crippen molar-refractivity contribution in [3.05, 3.63) is 24.0 Å². The van der Waals surface area contributed by atoms with Gasteiger partial charge in [0.05, 0.1) is 6.61 Å². The van der Waals surface area contributed by atoms with Crippen molar-refractivity contribution in [3.63, 3.8) is 0 Å². The van der Waals surface area contributed by atoms with Gasteiger partial charge in [0, 0.05) is 18.2 Å². The van der Waals surface area contributed by atoms with E-state index in [9.17, 15) is 4.39 Å². The van der Waals surface area contributed by atoms with Gasteiger partial charge in [0.2, 0.25) is 0 Å². The molecule has 0 atom stereocenters. The maximum absolute atomic E-state index is 13.1. The average Bonchev–Trinajstić information content (AvgIpc) is 2.15. The number of hydrogen-bond donors (Lipinski definition) is 1. The van der Waals surface area contributed by atoms with Gasteiger partial charge in [0.1, 0.15) is 0 Å².